The lowest BCUT2D eigenvalue weighted by atomic mass is 9.81. The summed E-state index contributed by atoms with van der Waals surface area (Å²) in [4.78, 5) is 14.1. The van der Waals surface area contributed by atoms with Crippen molar-refractivity contribution in [3.8, 4) is 6.07 Å². The number of benzene rings is 2. The van der Waals surface area contributed by atoms with Crippen LogP contribution >= 0.6 is 11.3 Å². The number of carbonyl (C=O) groups excluding carboxylic acids is 1. The van der Waals surface area contributed by atoms with E-state index in [1.807, 2.05) is 42.5 Å². The molecule has 0 fully saturated rings. The second-order valence-corrected chi connectivity index (χ2v) is 9.79. The number of anilines is 1. The number of nitrogens with zero attached hydrogens (tertiary/aromatic N) is 1. The van der Waals surface area contributed by atoms with E-state index < -0.39 is 0 Å². The highest BCUT2D eigenvalue weighted by Gasteiger charge is 2.44. The maximum atomic E-state index is 12.9. The monoisotopic (exact) mass is 390 g/mol. The fourth-order valence-electron chi connectivity index (χ4n) is 4.42. The summed E-state index contributed by atoms with van der Waals surface area (Å²) >= 11 is 1.54. The van der Waals surface area contributed by atoms with Crippen molar-refractivity contribution in [2.45, 2.75) is 45.2 Å². The number of quaternary nitrogens is 1. The molecular weight excluding hydrogens is 366 g/mol. The molecular formula is C23H24N3OS+. The van der Waals surface area contributed by atoms with Gasteiger partial charge in [-0.05, 0) is 56.2 Å². The van der Waals surface area contributed by atoms with Gasteiger partial charge in [-0.2, -0.15) is 5.26 Å². The summed E-state index contributed by atoms with van der Waals surface area (Å²) in [5.41, 5.74) is 2.18. The zero-order valence-corrected chi connectivity index (χ0v) is 17.4. The number of thiophene rings is 1. The minimum absolute atomic E-state index is 0.0167. The number of carbonyl (C=O) groups is 1. The molecule has 142 valence electrons. The Hall–Kier alpha value is -2.68. The van der Waals surface area contributed by atoms with Crippen LogP contribution in [0.2, 0.25) is 0 Å². The van der Waals surface area contributed by atoms with Gasteiger partial charge in [0.15, 0.2) is 0 Å². The second kappa shape index (κ2) is 6.44. The normalized spacial score (nSPS) is 17.0. The molecule has 4 rings (SSSR count). The lowest BCUT2D eigenvalue weighted by molar-refractivity contribution is -0.789. The molecule has 0 bridgehead atoms. The number of nitriles is 1. The maximum Gasteiger partial charge on any atom is 0.256 e. The quantitative estimate of drug-likeness (QED) is 0.690. The summed E-state index contributed by atoms with van der Waals surface area (Å²) in [5.74, 6) is -0.179. The third-order valence-electron chi connectivity index (χ3n) is 5.33. The van der Waals surface area contributed by atoms with Crippen molar-refractivity contribution < 1.29 is 10.1 Å². The Kier molecular flexibility index (Phi) is 4.29. The van der Waals surface area contributed by atoms with E-state index in [9.17, 15) is 10.1 Å². The second-order valence-electron chi connectivity index (χ2n) is 8.77. The average molecular weight is 391 g/mol. The lowest BCUT2D eigenvalue weighted by Crippen LogP contribution is -3.03. The number of hydrogen-bond donors (Lipinski definition) is 2. The first-order valence-electron chi connectivity index (χ1n) is 9.44. The first-order chi connectivity index (χ1) is 13.2. The van der Waals surface area contributed by atoms with Gasteiger partial charge in [-0.25, -0.2) is 0 Å². The fraction of sp³-hybridized carbons (Fsp3) is 0.304. The fourth-order valence-corrected chi connectivity index (χ4v) is 5.65. The highest BCUT2D eigenvalue weighted by molar-refractivity contribution is 7.16. The minimum atomic E-state index is -0.179. The van der Waals surface area contributed by atoms with E-state index >= 15 is 0 Å². The predicted octanol–water partition coefficient (Wildman–Crippen LogP) is 4.16. The summed E-state index contributed by atoms with van der Waals surface area (Å²) in [6.07, 6.45) is 0.816. The van der Waals surface area contributed by atoms with Crippen LogP contribution in [0, 0.1) is 11.3 Å². The standard InChI is InChI=1S/C23H23N3OS/c1-22(2)12-17-18(13-24)21(28-19(17)23(3,4)26-22)25-20(27)16-10-9-14-7-5-6-8-15(14)11-16/h5-11,26H,12H2,1-4H3,(H,25,27)/p+1. The molecule has 1 aliphatic rings. The molecule has 1 aliphatic heterocycles. The van der Waals surface area contributed by atoms with E-state index in [0.29, 0.717) is 16.1 Å². The average Bonchev–Trinajstić information content (AvgIpc) is 2.97. The van der Waals surface area contributed by atoms with E-state index in [1.165, 1.54) is 16.2 Å². The van der Waals surface area contributed by atoms with Crippen LogP contribution in [0.3, 0.4) is 0 Å². The molecule has 0 aliphatic carbocycles. The van der Waals surface area contributed by atoms with Crippen molar-refractivity contribution in [1.29, 1.82) is 5.26 Å². The van der Waals surface area contributed by atoms with Crippen molar-refractivity contribution in [3.05, 3.63) is 64.0 Å². The van der Waals surface area contributed by atoms with Crippen molar-refractivity contribution in [3.63, 3.8) is 0 Å². The van der Waals surface area contributed by atoms with Crippen LogP contribution in [0.1, 0.15) is 54.1 Å². The highest BCUT2D eigenvalue weighted by Crippen LogP contribution is 2.41. The van der Waals surface area contributed by atoms with Gasteiger partial charge >= 0.3 is 0 Å². The van der Waals surface area contributed by atoms with Crippen LogP contribution < -0.4 is 10.6 Å². The highest BCUT2D eigenvalue weighted by atomic mass is 32.1. The maximum absolute atomic E-state index is 12.9. The van der Waals surface area contributed by atoms with Crippen LogP contribution in [-0.2, 0) is 12.0 Å². The largest absolute Gasteiger partial charge is 0.333 e. The van der Waals surface area contributed by atoms with Gasteiger partial charge in [-0.1, -0.05) is 30.3 Å². The summed E-state index contributed by atoms with van der Waals surface area (Å²) in [6, 6.07) is 16.0. The lowest BCUT2D eigenvalue weighted by Gasteiger charge is -2.38. The molecule has 4 nitrogen and oxygen atoms in total. The molecule has 3 aromatic rings. The number of hydrogen-bond acceptors (Lipinski definition) is 3. The molecule has 28 heavy (non-hydrogen) atoms. The minimum Gasteiger partial charge on any atom is -0.333 e. The van der Waals surface area contributed by atoms with E-state index in [2.05, 4.69) is 44.4 Å². The molecule has 0 spiro atoms. The molecule has 2 heterocycles. The first-order valence-corrected chi connectivity index (χ1v) is 10.3. The Bertz CT molecular complexity index is 1130. The number of fused-ring (bicyclic) bond motifs is 2. The SMILES string of the molecule is CC1(C)Cc2c(sc(NC(=O)c3ccc4ccccc4c3)c2C#N)C(C)(C)[NH2+]1. The number of amides is 1. The zero-order chi connectivity index (χ0) is 20.1. The van der Waals surface area contributed by atoms with Gasteiger partial charge in [-0.15, -0.1) is 11.3 Å². The molecule has 1 aromatic heterocycles. The van der Waals surface area contributed by atoms with Crippen LogP contribution in [-0.4, -0.2) is 11.4 Å². The smallest absolute Gasteiger partial charge is 0.256 e. The topological polar surface area (TPSA) is 69.5 Å². The van der Waals surface area contributed by atoms with Crippen molar-refractivity contribution in [1.82, 2.24) is 0 Å². The summed E-state index contributed by atoms with van der Waals surface area (Å²) in [7, 11) is 0. The summed E-state index contributed by atoms with van der Waals surface area (Å²) in [5, 5.41) is 18.0. The molecule has 0 atom stereocenters. The Morgan fingerprint density at radius 3 is 2.57 bits per heavy atom. The molecule has 1 amide bonds. The molecule has 0 saturated carbocycles. The van der Waals surface area contributed by atoms with Crippen molar-refractivity contribution in [2.24, 2.45) is 0 Å². The van der Waals surface area contributed by atoms with Gasteiger partial charge < -0.3 is 10.6 Å². The Balaban J connectivity index is 1.71. The van der Waals surface area contributed by atoms with Gasteiger partial charge in [-0.3, -0.25) is 4.79 Å². The van der Waals surface area contributed by atoms with Crippen LogP contribution in [0.15, 0.2) is 42.5 Å². The zero-order valence-electron chi connectivity index (χ0n) is 16.6. The van der Waals surface area contributed by atoms with Crippen LogP contribution in [0.25, 0.3) is 10.8 Å². The van der Waals surface area contributed by atoms with E-state index in [0.717, 1.165) is 22.8 Å². The van der Waals surface area contributed by atoms with Crippen molar-refractivity contribution >= 4 is 33.0 Å². The Morgan fingerprint density at radius 2 is 1.86 bits per heavy atom. The van der Waals surface area contributed by atoms with Gasteiger partial charge in [0.1, 0.15) is 16.6 Å². The van der Waals surface area contributed by atoms with E-state index in [-0.39, 0.29) is 17.0 Å². The van der Waals surface area contributed by atoms with Gasteiger partial charge in [0.25, 0.3) is 5.91 Å². The molecule has 5 heteroatoms. The third kappa shape index (κ3) is 3.19. The molecule has 2 aromatic carbocycles. The number of nitrogens with two attached hydrogens (primary N) is 1. The van der Waals surface area contributed by atoms with Gasteiger partial charge in [0.2, 0.25) is 0 Å². The first kappa shape index (κ1) is 18.7. The predicted molar refractivity (Wildman–Crippen MR) is 114 cm³/mol. The van der Waals surface area contributed by atoms with Gasteiger partial charge in [0.05, 0.1) is 16.0 Å². The molecule has 3 N–H and O–H groups in total. The third-order valence-corrected chi connectivity index (χ3v) is 6.81. The summed E-state index contributed by atoms with van der Waals surface area (Å²) < 4.78 is 0. The molecule has 0 saturated heterocycles. The van der Waals surface area contributed by atoms with E-state index in [4.69, 9.17) is 0 Å². The summed E-state index contributed by atoms with van der Waals surface area (Å²) in [6.45, 7) is 8.76. The van der Waals surface area contributed by atoms with Crippen molar-refractivity contribution in [2.75, 3.05) is 5.32 Å². The Labute approximate surface area is 169 Å². The Morgan fingerprint density at radius 1 is 1.14 bits per heavy atom. The molecule has 0 radical (unpaired) electrons. The van der Waals surface area contributed by atoms with Crippen LogP contribution in [0.4, 0.5) is 5.00 Å². The van der Waals surface area contributed by atoms with Gasteiger partial charge in [0, 0.05) is 12.0 Å². The van der Waals surface area contributed by atoms with Crippen LogP contribution in [0.5, 0.6) is 0 Å². The number of nitrogens with one attached hydrogen (secondary N) is 1. The van der Waals surface area contributed by atoms with E-state index in [1.54, 1.807) is 0 Å². The number of rotatable bonds is 2. The molecule has 0 unspecified atom stereocenters.